The molecule has 1 aromatic rings. The molecule has 1 fully saturated rings. The van der Waals surface area contributed by atoms with Crippen LogP contribution >= 0.6 is 0 Å². The van der Waals surface area contributed by atoms with Crippen LogP contribution in [-0.2, 0) is 9.53 Å². The third kappa shape index (κ3) is 5.61. The summed E-state index contributed by atoms with van der Waals surface area (Å²) in [6, 6.07) is 6.07. The number of allylic oxidation sites excluding steroid dienone is 3. The van der Waals surface area contributed by atoms with Gasteiger partial charge in [-0.1, -0.05) is 19.9 Å². The highest BCUT2D eigenvalue weighted by atomic mass is 16.5. The molecule has 1 amide bonds. The van der Waals surface area contributed by atoms with Crippen molar-refractivity contribution in [3.8, 4) is 6.07 Å². The zero-order valence-electron chi connectivity index (χ0n) is 23.0. The SMILES string of the molecule is CC1(C)CC=C(c2nc(C3CC(C)(C)OC(C)(C)C3)ccc2NC(=O)C2=NC(C#N)=C[N+]2(C)C)CC1. The van der Waals surface area contributed by atoms with E-state index in [9.17, 15) is 10.1 Å². The number of nitriles is 1. The number of likely N-dealkylation sites (N-methyl/N-ethyl adjacent to an activating group) is 1. The lowest BCUT2D eigenvalue weighted by Crippen LogP contribution is -2.45. The Bertz CT molecular complexity index is 1190. The van der Waals surface area contributed by atoms with Crippen LogP contribution in [0.25, 0.3) is 5.57 Å². The van der Waals surface area contributed by atoms with E-state index in [1.165, 1.54) is 5.57 Å². The third-order valence-corrected chi connectivity index (χ3v) is 7.42. The maximum atomic E-state index is 13.3. The number of nitrogens with one attached hydrogen (secondary N) is 1. The number of carbonyl (C=O) groups is 1. The Morgan fingerprint density at radius 2 is 1.81 bits per heavy atom. The number of aliphatic imine (C=N–C) groups is 1. The summed E-state index contributed by atoms with van der Waals surface area (Å²) >= 11 is 0. The fourth-order valence-corrected chi connectivity index (χ4v) is 5.82. The molecular weight excluding hydrogens is 450 g/mol. The highest BCUT2D eigenvalue weighted by Crippen LogP contribution is 2.44. The maximum Gasteiger partial charge on any atom is 0.331 e. The van der Waals surface area contributed by atoms with Gasteiger partial charge in [-0.15, -0.1) is 0 Å². The van der Waals surface area contributed by atoms with E-state index >= 15 is 0 Å². The lowest BCUT2D eigenvalue weighted by Gasteiger charge is -2.45. The monoisotopic (exact) mass is 490 g/mol. The highest BCUT2D eigenvalue weighted by Gasteiger charge is 2.41. The van der Waals surface area contributed by atoms with Gasteiger partial charge in [-0.3, -0.25) is 9.78 Å². The summed E-state index contributed by atoms with van der Waals surface area (Å²) in [5.41, 5.74) is 3.80. The van der Waals surface area contributed by atoms with Crippen molar-refractivity contribution in [1.82, 2.24) is 4.98 Å². The molecule has 36 heavy (non-hydrogen) atoms. The Morgan fingerprint density at radius 3 is 2.36 bits per heavy atom. The number of aromatic nitrogens is 1. The van der Waals surface area contributed by atoms with Crippen LogP contribution in [0.3, 0.4) is 0 Å². The number of rotatable bonds is 4. The summed E-state index contributed by atoms with van der Waals surface area (Å²) in [6.07, 6.45) is 8.72. The molecule has 0 bridgehead atoms. The molecule has 3 aliphatic rings. The Labute approximate surface area is 215 Å². The summed E-state index contributed by atoms with van der Waals surface area (Å²) in [4.78, 5) is 22.8. The average molecular weight is 491 g/mol. The molecule has 1 N–H and O–H groups in total. The predicted molar refractivity (Wildman–Crippen MR) is 143 cm³/mol. The summed E-state index contributed by atoms with van der Waals surface area (Å²) in [7, 11) is 3.68. The van der Waals surface area contributed by atoms with Gasteiger partial charge < -0.3 is 10.1 Å². The third-order valence-electron chi connectivity index (χ3n) is 7.42. The number of quaternary nitrogens is 1. The first-order chi connectivity index (χ1) is 16.6. The molecule has 0 saturated carbocycles. The van der Waals surface area contributed by atoms with Gasteiger partial charge in [0.05, 0.1) is 36.7 Å². The molecule has 7 nitrogen and oxygen atoms in total. The second-order valence-corrected chi connectivity index (χ2v) is 13.0. The molecule has 7 heteroatoms. The fraction of sp³-hybridized carbons (Fsp3) is 0.586. The van der Waals surface area contributed by atoms with Gasteiger partial charge in [-0.05, 0) is 82.9 Å². The first-order valence-corrected chi connectivity index (χ1v) is 12.9. The first-order valence-electron chi connectivity index (χ1n) is 12.9. The minimum absolute atomic E-state index is 0.124. The lowest BCUT2D eigenvalue weighted by molar-refractivity contribution is -0.737. The molecule has 3 heterocycles. The first kappa shape index (κ1) is 26.2. The van der Waals surface area contributed by atoms with Gasteiger partial charge in [0.2, 0.25) is 0 Å². The van der Waals surface area contributed by atoms with Crippen molar-refractivity contribution in [2.24, 2.45) is 10.4 Å². The largest absolute Gasteiger partial charge is 0.370 e. The van der Waals surface area contributed by atoms with Crippen LogP contribution in [0.5, 0.6) is 0 Å². The molecule has 0 unspecified atom stereocenters. The standard InChI is InChI=1S/C29H39N5O2/c1-27(2)13-11-19(12-14-27)24-23(33-26(35)25-31-21(17-30)18-34(25,7)8)10-9-22(32-24)20-15-28(3,4)36-29(5,6)16-20/h9-11,18,20H,12-16H2,1-8H3/p+1. The molecule has 1 aliphatic carbocycles. The van der Waals surface area contributed by atoms with Crippen molar-refractivity contribution in [2.45, 2.75) is 90.8 Å². The number of hydrogen-bond donors (Lipinski definition) is 1. The van der Waals surface area contributed by atoms with E-state index in [0.29, 0.717) is 5.69 Å². The van der Waals surface area contributed by atoms with Gasteiger partial charge in [0, 0.05) is 11.6 Å². The van der Waals surface area contributed by atoms with E-state index < -0.39 is 0 Å². The number of hydrogen-bond acceptors (Lipinski definition) is 5. The van der Waals surface area contributed by atoms with Crippen LogP contribution < -0.4 is 5.32 Å². The molecule has 0 atom stereocenters. The molecule has 1 saturated heterocycles. The molecule has 2 aliphatic heterocycles. The van der Waals surface area contributed by atoms with Crippen LogP contribution in [0.15, 0.2) is 35.1 Å². The van der Waals surface area contributed by atoms with Gasteiger partial charge >= 0.3 is 5.91 Å². The maximum absolute atomic E-state index is 13.3. The number of amidine groups is 1. The second-order valence-electron chi connectivity index (χ2n) is 13.0. The van der Waals surface area contributed by atoms with Crippen molar-refractivity contribution in [3.05, 3.63) is 41.5 Å². The molecule has 1 aromatic heterocycles. The van der Waals surface area contributed by atoms with Crippen molar-refractivity contribution in [2.75, 3.05) is 19.4 Å². The quantitative estimate of drug-likeness (QED) is 0.531. The average Bonchev–Trinajstić information content (AvgIpc) is 3.06. The normalized spacial score (nSPS) is 24.2. The van der Waals surface area contributed by atoms with Crippen molar-refractivity contribution in [1.29, 1.82) is 5.26 Å². The fourth-order valence-electron chi connectivity index (χ4n) is 5.82. The Kier molecular flexibility index (Phi) is 6.51. The van der Waals surface area contributed by atoms with Crippen LogP contribution in [0, 0.1) is 16.7 Å². The summed E-state index contributed by atoms with van der Waals surface area (Å²) in [6.45, 7) is 13.2. The summed E-state index contributed by atoms with van der Waals surface area (Å²) in [5, 5.41) is 12.4. The van der Waals surface area contributed by atoms with Gasteiger partial charge in [0.1, 0.15) is 12.3 Å². The van der Waals surface area contributed by atoms with Gasteiger partial charge in [-0.25, -0.2) is 4.48 Å². The summed E-state index contributed by atoms with van der Waals surface area (Å²) in [5.74, 6) is 0.237. The molecule has 0 spiro atoms. The number of amides is 1. The predicted octanol–water partition coefficient (Wildman–Crippen LogP) is 5.92. The topological polar surface area (TPSA) is 87.4 Å². The molecule has 192 valence electrons. The van der Waals surface area contributed by atoms with E-state index in [4.69, 9.17) is 9.72 Å². The number of anilines is 1. The minimum atomic E-state index is -0.317. The van der Waals surface area contributed by atoms with Gasteiger partial charge in [-0.2, -0.15) is 10.3 Å². The lowest BCUT2D eigenvalue weighted by atomic mass is 9.77. The molecule has 0 radical (unpaired) electrons. The van der Waals surface area contributed by atoms with Crippen molar-refractivity contribution >= 4 is 23.0 Å². The molecule has 4 rings (SSSR count). The van der Waals surface area contributed by atoms with E-state index in [2.05, 4.69) is 57.9 Å². The Morgan fingerprint density at radius 1 is 1.14 bits per heavy atom. The Balaban J connectivity index is 1.70. The number of carbonyl (C=O) groups excluding carboxylic acids is 1. The van der Waals surface area contributed by atoms with E-state index in [1.54, 1.807) is 6.20 Å². The minimum Gasteiger partial charge on any atom is -0.370 e. The van der Waals surface area contributed by atoms with Crippen molar-refractivity contribution in [3.63, 3.8) is 0 Å². The van der Waals surface area contributed by atoms with E-state index in [-0.39, 0.29) is 44.5 Å². The summed E-state index contributed by atoms with van der Waals surface area (Å²) < 4.78 is 6.44. The van der Waals surface area contributed by atoms with Gasteiger partial charge in [0.15, 0.2) is 5.70 Å². The smallest absolute Gasteiger partial charge is 0.331 e. The number of nitrogens with zero attached hydrogens (tertiary/aromatic N) is 4. The number of ether oxygens (including phenoxy) is 1. The zero-order chi connectivity index (χ0) is 26.5. The molecule has 0 aromatic carbocycles. The molecular formula is C29H40N5O2+. The van der Waals surface area contributed by atoms with E-state index in [0.717, 1.165) is 43.5 Å². The van der Waals surface area contributed by atoms with Crippen LogP contribution in [0.4, 0.5) is 5.69 Å². The highest BCUT2D eigenvalue weighted by molar-refractivity contribution is 6.40. The van der Waals surface area contributed by atoms with Gasteiger partial charge in [0.25, 0.3) is 5.84 Å². The number of pyridine rings is 1. The van der Waals surface area contributed by atoms with Crippen LogP contribution in [0.2, 0.25) is 0 Å². The van der Waals surface area contributed by atoms with Crippen LogP contribution in [-0.4, -0.2) is 46.5 Å². The zero-order valence-corrected chi connectivity index (χ0v) is 23.0. The Hall–Kier alpha value is -2.82. The van der Waals surface area contributed by atoms with Crippen molar-refractivity contribution < 1.29 is 14.0 Å². The van der Waals surface area contributed by atoms with E-state index in [1.807, 2.05) is 32.3 Å². The second kappa shape index (κ2) is 8.93. The van der Waals surface area contributed by atoms with Crippen LogP contribution in [0.1, 0.15) is 91.0 Å².